The van der Waals surface area contributed by atoms with E-state index in [1.54, 1.807) is 0 Å². The van der Waals surface area contributed by atoms with Crippen molar-refractivity contribution in [2.75, 3.05) is 6.54 Å². The van der Waals surface area contributed by atoms with E-state index in [4.69, 9.17) is 5.73 Å². The Morgan fingerprint density at radius 3 is 3.00 bits per heavy atom. The van der Waals surface area contributed by atoms with Crippen LogP contribution in [0.1, 0.15) is 25.1 Å². The molecule has 2 aliphatic rings. The highest BCUT2D eigenvalue weighted by Gasteiger charge is 2.48. The maximum absolute atomic E-state index is 12.1. The SMILES string of the molecule is NC1C2CCC(C2)C1C(=O)NCCc1ncn[nH]1. The molecular weight excluding hydrogens is 230 g/mol. The fourth-order valence-corrected chi connectivity index (χ4v) is 3.50. The maximum atomic E-state index is 12.1. The van der Waals surface area contributed by atoms with E-state index in [2.05, 4.69) is 20.5 Å². The van der Waals surface area contributed by atoms with Gasteiger partial charge in [-0.25, -0.2) is 4.98 Å². The van der Waals surface area contributed by atoms with Crippen LogP contribution in [-0.4, -0.2) is 33.7 Å². The highest BCUT2D eigenvalue weighted by atomic mass is 16.1. The molecule has 2 aliphatic carbocycles. The van der Waals surface area contributed by atoms with Gasteiger partial charge in [0, 0.05) is 19.0 Å². The lowest BCUT2D eigenvalue weighted by Gasteiger charge is -2.26. The Hall–Kier alpha value is -1.43. The van der Waals surface area contributed by atoms with Crippen molar-refractivity contribution in [1.29, 1.82) is 0 Å². The van der Waals surface area contributed by atoms with Crippen molar-refractivity contribution in [2.45, 2.75) is 31.7 Å². The number of fused-ring (bicyclic) bond motifs is 2. The van der Waals surface area contributed by atoms with E-state index in [1.165, 1.54) is 19.2 Å². The fourth-order valence-electron chi connectivity index (χ4n) is 3.50. The topological polar surface area (TPSA) is 96.7 Å². The van der Waals surface area contributed by atoms with E-state index < -0.39 is 0 Å². The lowest BCUT2D eigenvalue weighted by molar-refractivity contribution is -0.127. The summed E-state index contributed by atoms with van der Waals surface area (Å²) in [7, 11) is 0. The quantitative estimate of drug-likeness (QED) is 0.690. The van der Waals surface area contributed by atoms with Crippen LogP contribution in [0.4, 0.5) is 0 Å². The highest BCUT2D eigenvalue weighted by molar-refractivity contribution is 5.80. The molecule has 18 heavy (non-hydrogen) atoms. The average Bonchev–Trinajstić information content (AvgIpc) is 3.03. The molecule has 6 nitrogen and oxygen atoms in total. The Morgan fingerprint density at radius 1 is 1.50 bits per heavy atom. The van der Waals surface area contributed by atoms with Crippen molar-refractivity contribution in [1.82, 2.24) is 20.5 Å². The lowest BCUT2D eigenvalue weighted by Crippen LogP contribution is -2.45. The van der Waals surface area contributed by atoms with Crippen LogP contribution in [0.3, 0.4) is 0 Å². The van der Waals surface area contributed by atoms with E-state index in [9.17, 15) is 4.79 Å². The zero-order valence-electron chi connectivity index (χ0n) is 10.3. The van der Waals surface area contributed by atoms with Gasteiger partial charge in [-0.15, -0.1) is 0 Å². The average molecular weight is 249 g/mol. The van der Waals surface area contributed by atoms with E-state index in [-0.39, 0.29) is 17.9 Å². The minimum atomic E-state index is 0.0264. The zero-order valence-corrected chi connectivity index (χ0v) is 10.3. The predicted molar refractivity (Wildman–Crippen MR) is 65.4 cm³/mol. The number of carbonyl (C=O) groups is 1. The van der Waals surface area contributed by atoms with Crippen molar-refractivity contribution in [3.8, 4) is 0 Å². The predicted octanol–water partition coefficient (Wildman–Crippen LogP) is -0.163. The second kappa shape index (κ2) is 4.68. The normalized spacial score (nSPS) is 33.8. The number of aromatic amines is 1. The molecule has 4 unspecified atom stereocenters. The summed E-state index contributed by atoms with van der Waals surface area (Å²) in [5.41, 5.74) is 6.14. The number of amides is 1. The van der Waals surface area contributed by atoms with Crippen molar-refractivity contribution in [3.05, 3.63) is 12.2 Å². The molecule has 2 bridgehead atoms. The van der Waals surface area contributed by atoms with Crippen LogP contribution >= 0.6 is 0 Å². The molecule has 1 heterocycles. The number of aromatic nitrogens is 3. The van der Waals surface area contributed by atoms with Gasteiger partial charge in [0.15, 0.2) is 0 Å². The standard InChI is InChI=1S/C12H19N5O/c13-11-8-2-1-7(5-8)10(11)12(18)14-4-3-9-15-6-16-17-9/h6-8,10-11H,1-5,13H2,(H,14,18)(H,15,16,17). The van der Waals surface area contributed by atoms with Crippen LogP contribution in [0.25, 0.3) is 0 Å². The van der Waals surface area contributed by atoms with Gasteiger partial charge in [-0.05, 0) is 31.1 Å². The van der Waals surface area contributed by atoms with E-state index in [1.807, 2.05) is 0 Å². The molecule has 0 aromatic carbocycles. The second-order valence-electron chi connectivity index (χ2n) is 5.41. The minimum Gasteiger partial charge on any atom is -0.355 e. The number of nitrogens with one attached hydrogen (secondary N) is 2. The third kappa shape index (κ3) is 2.01. The summed E-state index contributed by atoms with van der Waals surface area (Å²) in [5, 5.41) is 9.52. The molecule has 6 heteroatoms. The summed E-state index contributed by atoms with van der Waals surface area (Å²) in [4.78, 5) is 16.2. The molecule has 4 atom stereocenters. The van der Waals surface area contributed by atoms with Gasteiger partial charge in [0.05, 0.1) is 5.92 Å². The van der Waals surface area contributed by atoms with Crippen LogP contribution in [0.5, 0.6) is 0 Å². The summed E-state index contributed by atoms with van der Waals surface area (Å²) in [5.74, 6) is 2.02. The van der Waals surface area contributed by atoms with Crippen LogP contribution in [0, 0.1) is 17.8 Å². The van der Waals surface area contributed by atoms with Crippen molar-refractivity contribution < 1.29 is 4.79 Å². The monoisotopic (exact) mass is 249 g/mol. The second-order valence-corrected chi connectivity index (χ2v) is 5.41. The molecule has 0 aliphatic heterocycles. The van der Waals surface area contributed by atoms with Crippen LogP contribution < -0.4 is 11.1 Å². The van der Waals surface area contributed by atoms with E-state index >= 15 is 0 Å². The summed E-state index contributed by atoms with van der Waals surface area (Å²) in [6.07, 6.45) is 5.67. The van der Waals surface area contributed by atoms with Gasteiger partial charge in [-0.1, -0.05) is 0 Å². The van der Waals surface area contributed by atoms with Crippen LogP contribution in [0.2, 0.25) is 0 Å². The molecule has 1 aromatic rings. The smallest absolute Gasteiger partial charge is 0.224 e. The van der Waals surface area contributed by atoms with Gasteiger partial charge in [0.25, 0.3) is 0 Å². The molecule has 0 spiro atoms. The van der Waals surface area contributed by atoms with Crippen molar-refractivity contribution >= 4 is 5.91 Å². The number of carbonyl (C=O) groups excluding carboxylic acids is 1. The number of nitrogens with zero attached hydrogens (tertiary/aromatic N) is 2. The third-order valence-corrected chi connectivity index (χ3v) is 4.41. The first-order valence-corrected chi connectivity index (χ1v) is 6.63. The maximum Gasteiger partial charge on any atom is 0.224 e. The molecule has 3 rings (SSSR count). The molecule has 2 fully saturated rings. The largest absolute Gasteiger partial charge is 0.355 e. The Morgan fingerprint density at radius 2 is 2.33 bits per heavy atom. The van der Waals surface area contributed by atoms with Gasteiger partial charge in [0.1, 0.15) is 12.2 Å². The summed E-state index contributed by atoms with van der Waals surface area (Å²) >= 11 is 0. The first-order valence-electron chi connectivity index (χ1n) is 6.63. The Kier molecular flexibility index (Phi) is 3.03. The summed E-state index contributed by atoms with van der Waals surface area (Å²) in [6.45, 7) is 0.592. The molecule has 2 saturated carbocycles. The van der Waals surface area contributed by atoms with Gasteiger partial charge in [-0.2, -0.15) is 5.10 Å². The number of hydrogen-bond donors (Lipinski definition) is 3. The van der Waals surface area contributed by atoms with E-state index in [0.717, 1.165) is 12.2 Å². The highest BCUT2D eigenvalue weighted by Crippen LogP contribution is 2.47. The molecule has 0 radical (unpaired) electrons. The van der Waals surface area contributed by atoms with E-state index in [0.29, 0.717) is 24.8 Å². The summed E-state index contributed by atoms with van der Waals surface area (Å²) in [6, 6.07) is 0.0639. The lowest BCUT2D eigenvalue weighted by atomic mass is 9.84. The molecular formula is C12H19N5O. The fraction of sp³-hybridized carbons (Fsp3) is 0.750. The molecule has 1 amide bonds. The minimum absolute atomic E-state index is 0.0264. The van der Waals surface area contributed by atoms with Gasteiger partial charge in [-0.3, -0.25) is 9.89 Å². The van der Waals surface area contributed by atoms with Crippen molar-refractivity contribution in [2.24, 2.45) is 23.5 Å². The van der Waals surface area contributed by atoms with Gasteiger partial charge >= 0.3 is 0 Å². The van der Waals surface area contributed by atoms with Crippen LogP contribution in [0.15, 0.2) is 6.33 Å². The third-order valence-electron chi connectivity index (χ3n) is 4.41. The summed E-state index contributed by atoms with van der Waals surface area (Å²) < 4.78 is 0. The number of rotatable bonds is 4. The number of H-pyrrole nitrogens is 1. The van der Waals surface area contributed by atoms with Crippen LogP contribution in [-0.2, 0) is 11.2 Å². The molecule has 0 saturated heterocycles. The first kappa shape index (κ1) is 11.6. The molecule has 4 N–H and O–H groups in total. The Labute approximate surface area is 106 Å². The van der Waals surface area contributed by atoms with Gasteiger partial charge < -0.3 is 11.1 Å². The zero-order chi connectivity index (χ0) is 12.5. The number of nitrogens with two attached hydrogens (primary N) is 1. The van der Waals surface area contributed by atoms with Crippen molar-refractivity contribution in [3.63, 3.8) is 0 Å². The Bertz CT molecular complexity index is 416. The number of hydrogen-bond acceptors (Lipinski definition) is 4. The Balaban J connectivity index is 1.50. The van der Waals surface area contributed by atoms with Gasteiger partial charge in [0.2, 0.25) is 5.91 Å². The first-order chi connectivity index (χ1) is 8.75. The molecule has 1 aromatic heterocycles. The molecule has 98 valence electrons.